The van der Waals surface area contributed by atoms with Crippen molar-refractivity contribution in [3.05, 3.63) is 71.8 Å². The maximum Gasteiger partial charge on any atom is 0.259 e. The van der Waals surface area contributed by atoms with Crippen LogP contribution >= 0.6 is 0 Å². The van der Waals surface area contributed by atoms with Gasteiger partial charge >= 0.3 is 0 Å². The molecule has 1 heterocycles. The normalized spacial score (nSPS) is 10.5. The summed E-state index contributed by atoms with van der Waals surface area (Å²) < 4.78 is 15.5. The number of halogens is 1. The summed E-state index contributed by atoms with van der Waals surface area (Å²) in [4.78, 5) is 23.9. The highest BCUT2D eigenvalue weighted by Gasteiger charge is 2.18. The molecule has 138 valence electrons. The second kappa shape index (κ2) is 7.82. The molecule has 2 amide bonds. The summed E-state index contributed by atoms with van der Waals surface area (Å²) in [5.41, 5.74) is 2.45. The van der Waals surface area contributed by atoms with Gasteiger partial charge in [0.25, 0.3) is 5.91 Å². The lowest BCUT2D eigenvalue weighted by Gasteiger charge is -2.10. The Morgan fingerprint density at radius 1 is 1.11 bits per heavy atom. The van der Waals surface area contributed by atoms with Crippen molar-refractivity contribution in [3.63, 3.8) is 0 Å². The SMILES string of the molecule is CCc1c(C(=O)Nc2ccc(F)c(NC(C)=O)c2)cnn1-c1ccccc1. The van der Waals surface area contributed by atoms with Gasteiger partial charge < -0.3 is 10.6 Å². The van der Waals surface area contributed by atoms with E-state index in [1.807, 2.05) is 37.3 Å². The van der Waals surface area contributed by atoms with Gasteiger partial charge in [0.2, 0.25) is 5.91 Å². The summed E-state index contributed by atoms with van der Waals surface area (Å²) in [6.45, 7) is 3.23. The molecule has 0 spiro atoms. The van der Waals surface area contributed by atoms with Crippen molar-refractivity contribution in [1.82, 2.24) is 9.78 Å². The number of nitrogens with zero attached hydrogens (tertiary/aromatic N) is 2. The van der Waals surface area contributed by atoms with Gasteiger partial charge in [-0.25, -0.2) is 9.07 Å². The summed E-state index contributed by atoms with van der Waals surface area (Å²) in [7, 11) is 0. The molecule has 0 fully saturated rings. The monoisotopic (exact) mass is 366 g/mol. The zero-order valence-corrected chi connectivity index (χ0v) is 15.0. The highest BCUT2D eigenvalue weighted by atomic mass is 19.1. The molecule has 0 atom stereocenters. The number of hydrogen-bond donors (Lipinski definition) is 2. The van der Waals surface area contributed by atoms with Gasteiger partial charge in [-0.2, -0.15) is 5.10 Å². The van der Waals surface area contributed by atoms with Crippen molar-refractivity contribution in [2.45, 2.75) is 20.3 Å². The fraction of sp³-hybridized carbons (Fsp3) is 0.150. The lowest BCUT2D eigenvalue weighted by molar-refractivity contribution is -0.114. The first-order chi connectivity index (χ1) is 13.0. The lowest BCUT2D eigenvalue weighted by Crippen LogP contribution is -2.15. The molecule has 0 unspecified atom stereocenters. The number of nitrogens with one attached hydrogen (secondary N) is 2. The number of para-hydroxylation sites is 1. The summed E-state index contributed by atoms with van der Waals surface area (Å²) in [5, 5.41) is 9.45. The molecule has 2 aromatic carbocycles. The van der Waals surface area contributed by atoms with E-state index in [9.17, 15) is 14.0 Å². The molecule has 7 heteroatoms. The zero-order chi connectivity index (χ0) is 19.4. The van der Waals surface area contributed by atoms with Crippen LogP contribution in [-0.2, 0) is 11.2 Å². The van der Waals surface area contributed by atoms with Gasteiger partial charge in [0, 0.05) is 12.6 Å². The van der Waals surface area contributed by atoms with Crippen molar-refractivity contribution in [2.75, 3.05) is 10.6 Å². The van der Waals surface area contributed by atoms with Crippen LogP contribution in [0.4, 0.5) is 15.8 Å². The minimum Gasteiger partial charge on any atom is -0.324 e. The Balaban J connectivity index is 1.87. The second-order valence-electron chi connectivity index (χ2n) is 5.94. The average Bonchev–Trinajstić information content (AvgIpc) is 3.09. The number of aromatic nitrogens is 2. The maximum absolute atomic E-state index is 13.8. The van der Waals surface area contributed by atoms with Gasteiger partial charge in [-0.1, -0.05) is 25.1 Å². The van der Waals surface area contributed by atoms with Crippen LogP contribution in [0.5, 0.6) is 0 Å². The fourth-order valence-corrected chi connectivity index (χ4v) is 2.78. The number of hydrogen-bond acceptors (Lipinski definition) is 3. The van der Waals surface area contributed by atoms with E-state index in [1.54, 1.807) is 4.68 Å². The van der Waals surface area contributed by atoms with E-state index in [0.29, 0.717) is 17.7 Å². The van der Waals surface area contributed by atoms with E-state index in [4.69, 9.17) is 0 Å². The smallest absolute Gasteiger partial charge is 0.259 e. The molecule has 1 aromatic heterocycles. The molecule has 0 bridgehead atoms. The molecule has 6 nitrogen and oxygen atoms in total. The van der Waals surface area contributed by atoms with Gasteiger partial charge in [-0.05, 0) is 36.8 Å². The fourth-order valence-electron chi connectivity index (χ4n) is 2.78. The van der Waals surface area contributed by atoms with Gasteiger partial charge in [-0.15, -0.1) is 0 Å². The topological polar surface area (TPSA) is 76.0 Å². The molecule has 0 radical (unpaired) electrons. The van der Waals surface area contributed by atoms with Crippen LogP contribution < -0.4 is 10.6 Å². The van der Waals surface area contributed by atoms with Crippen LogP contribution in [0.2, 0.25) is 0 Å². The van der Waals surface area contributed by atoms with Crippen molar-refractivity contribution >= 4 is 23.2 Å². The third-order valence-corrected chi connectivity index (χ3v) is 3.98. The summed E-state index contributed by atoms with van der Waals surface area (Å²) >= 11 is 0. The molecule has 27 heavy (non-hydrogen) atoms. The lowest BCUT2D eigenvalue weighted by atomic mass is 10.1. The van der Waals surface area contributed by atoms with Crippen LogP contribution in [-0.4, -0.2) is 21.6 Å². The summed E-state index contributed by atoms with van der Waals surface area (Å²) in [6, 6.07) is 13.5. The number of benzene rings is 2. The van der Waals surface area contributed by atoms with Gasteiger partial charge in [0.05, 0.1) is 28.8 Å². The third-order valence-electron chi connectivity index (χ3n) is 3.98. The van der Waals surface area contributed by atoms with Gasteiger partial charge in [-0.3, -0.25) is 9.59 Å². The molecule has 3 aromatic rings. The predicted octanol–water partition coefficient (Wildman–Crippen LogP) is 3.78. The molecule has 0 aliphatic heterocycles. The van der Waals surface area contributed by atoms with E-state index >= 15 is 0 Å². The minimum absolute atomic E-state index is 0.0102. The molecule has 0 aliphatic rings. The number of anilines is 2. The maximum atomic E-state index is 13.8. The molecule has 2 N–H and O–H groups in total. The summed E-state index contributed by atoms with van der Waals surface area (Å²) in [5.74, 6) is -1.32. The first-order valence-electron chi connectivity index (χ1n) is 8.50. The van der Waals surface area contributed by atoms with Crippen LogP contribution in [0.25, 0.3) is 5.69 Å². The Labute approximate surface area is 156 Å². The molecule has 0 aliphatic carbocycles. The number of carbonyl (C=O) groups excluding carboxylic acids is 2. The van der Waals surface area contributed by atoms with E-state index in [2.05, 4.69) is 15.7 Å². The molecule has 0 saturated heterocycles. The Bertz CT molecular complexity index is 983. The third kappa shape index (κ3) is 4.03. The minimum atomic E-state index is -0.575. The Morgan fingerprint density at radius 3 is 2.52 bits per heavy atom. The van der Waals surface area contributed by atoms with E-state index in [-0.39, 0.29) is 11.6 Å². The quantitative estimate of drug-likeness (QED) is 0.721. The van der Waals surface area contributed by atoms with Crippen LogP contribution in [0.1, 0.15) is 29.9 Å². The van der Waals surface area contributed by atoms with Gasteiger partial charge in [0.15, 0.2) is 0 Å². The van der Waals surface area contributed by atoms with Crippen molar-refractivity contribution in [1.29, 1.82) is 0 Å². The van der Waals surface area contributed by atoms with Crippen molar-refractivity contribution in [2.24, 2.45) is 0 Å². The molecular weight excluding hydrogens is 347 g/mol. The molecular formula is C20H19FN4O2. The van der Waals surface area contributed by atoms with E-state index in [1.165, 1.54) is 31.3 Å². The van der Waals surface area contributed by atoms with Crippen LogP contribution in [0.3, 0.4) is 0 Å². The predicted molar refractivity (Wildman–Crippen MR) is 102 cm³/mol. The average molecular weight is 366 g/mol. The highest BCUT2D eigenvalue weighted by Crippen LogP contribution is 2.22. The summed E-state index contributed by atoms with van der Waals surface area (Å²) in [6.07, 6.45) is 2.12. The Kier molecular flexibility index (Phi) is 5.30. The molecule has 3 rings (SSSR count). The number of amides is 2. The van der Waals surface area contributed by atoms with Crippen molar-refractivity contribution in [3.8, 4) is 5.69 Å². The zero-order valence-electron chi connectivity index (χ0n) is 15.0. The highest BCUT2D eigenvalue weighted by molar-refractivity contribution is 6.05. The number of carbonyl (C=O) groups is 2. The van der Waals surface area contributed by atoms with Crippen molar-refractivity contribution < 1.29 is 14.0 Å². The Morgan fingerprint density at radius 2 is 1.85 bits per heavy atom. The Hall–Kier alpha value is -3.48. The standard InChI is InChI=1S/C20H19FN4O2/c1-3-19-16(12-22-25(19)15-7-5-4-6-8-15)20(27)24-14-9-10-17(21)18(11-14)23-13(2)26/h4-12H,3H2,1-2H3,(H,23,26)(H,24,27). The van der Waals surface area contributed by atoms with Gasteiger partial charge in [0.1, 0.15) is 5.82 Å². The second-order valence-corrected chi connectivity index (χ2v) is 5.94. The van der Waals surface area contributed by atoms with E-state index < -0.39 is 11.7 Å². The first-order valence-corrected chi connectivity index (χ1v) is 8.50. The largest absolute Gasteiger partial charge is 0.324 e. The first kappa shape index (κ1) is 18.3. The van der Waals surface area contributed by atoms with Crippen LogP contribution in [0, 0.1) is 5.82 Å². The number of rotatable bonds is 5. The van der Waals surface area contributed by atoms with Crippen LogP contribution in [0.15, 0.2) is 54.7 Å². The van der Waals surface area contributed by atoms with E-state index in [0.717, 1.165) is 11.4 Å². The molecule has 0 saturated carbocycles.